The third kappa shape index (κ3) is 7.70. The molecule has 0 bridgehead atoms. The van der Waals surface area contributed by atoms with Crippen LogP contribution in [0.15, 0.2) is 47.6 Å². The Morgan fingerprint density at radius 1 is 1.27 bits per heavy atom. The number of nitrogens with zero attached hydrogens (tertiary/aromatic N) is 1. The summed E-state index contributed by atoms with van der Waals surface area (Å²) >= 11 is 0. The summed E-state index contributed by atoms with van der Waals surface area (Å²) in [6.07, 6.45) is 8.96. The number of benzene rings is 1. The van der Waals surface area contributed by atoms with Crippen LogP contribution >= 0.6 is 0 Å². The molecule has 0 spiro atoms. The number of rotatable bonds is 8. The number of nitriles is 1. The maximum Gasteiger partial charge on any atom is 0.293 e. The summed E-state index contributed by atoms with van der Waals surface area (Å²) in [5.74, 6) is 0.570. The molecule has 1 atom stereocenters. The van der Waals surface area contributed by atoms with Crippen molar-refractivity contribution in [3.05, 3.63) is 53.1 Å². The summed E-state index contributed by atoms with van der Waals surface area (Å²) in [6.45, 7) is 7.33. The summed E-state index contributed by atoms with van der Waals surface area (Å²) in [7, 11) is 0. The van der Waals surface area contributed by atoms with E-state index in [2.05, 4.69) is 50.3 Å². The number of hydrogen-bond donors (Lipinski definition) is 0. The highest BCUT2D eigenvalue weighted by Gasteiger charge is 2.12. The SMILES string of the molecule is C/C(C#N)=C1/C=C(c2ccccc2)CC1.CCCCC(CC)COC=O. The van der Waals surface area contributed by atoms with E-state index in [1.54, 1.807) is 0 Å². The van der Waals surface area contributed by atoms with Gasteiger partial charge in [0.2, 0.25) is 0 Å². The number of hydrogen-bond acceptors (Lipinski definition) is 3. The van der Waals surface area contributed by atoms with Crippen LogP contribution in [0.2, 0.25) is 0 Å². The molecule has 0 aromatic heterocycles. The molecule has 0 fully saturated rings. The molecule has 3 nitrogen and oxygen atoms in total. The lowest BCUT2D eigenvalue weighted by atomic mass is 10.0. The quantitative estimate of drug-likeness (QED) is 0.420. The molecular weight excluding hydrogens is 322 g/mol. The smallest absolute Gasteiger partial charge is 0.293 e. The van der Waals surface area contributed by atoms with Crippen molar-refractivity contribution in [3.63, 3.8) is 0 Å². The van der Waals surface area contributed by atoms with E-state index in [4.69, 9.17) is 10.00 Å². The molecule has 1 aromatic carbocycles. The van der Waals surface area contributed by atoms with Crippen molar-refractivity contribution < 1.29 is 9.53 Å². The van der Waals surface area contributed by atoms with Gasteiger partial charge in [0.1, 0.15) is 0 Å². The summed E-state index contributed by atoms with van der Waals surface area (Å²) in [5.41, 5.74) is 4.66. The molecule has 140 valence electrons. The topological polar surface area (TPSA) is 50.1 Å². The largest absolute Gasteiger partial charge is 0.468 e. The van der Waals surface area contributed by atoms with Gasteiger partial charge >= 0.3 is 0 Å². The van der Waals surface area contributed by atoms with Crippen LogP contribution in [0.4, 0.5) is 0 Å². The lowest BCUT2D eigenvalue weighted by Crippen LogP contribution is -2.07. The van der Waals surface area contributed by atoms with Crippen molar-refractivity contribution in [2.24, 2.45) is 5.92 Å². The van der Waals surface area contributed by atoms with E-state index in [0.29, 0.717) is 19.0 Å². The molecule has 1 aliphatic rings. The minimum atomic E-state index is 0.536. The first-order chi connectivity index (χ1) is 12.7. The van der Waals surface area contributed by atoms with Gasteiger partial charge in [-0.1, -0.05) is 69.5 Å². The molecule has 0 saturated carbocycles. The van der Waals surface area contributed by atoms with Crippen LogP contribution in [0.5, 0.6) is 0 Å². The Labute approximate surface area is 158 Å². The lowest BCUT2D eigenvalue weighted by molar-refractivity contribution is -0.130. The van der Waals surface area contributed by atoms with Crippen molar-refractivity contribution in [3.8, 4) is 6.07 Å². The van der Waals surface area contributed by atoms with Gasteiger partial charge < -0.3 is 4.74 Å². The van der Waals surface area contributed by atoms with E-state index >= 15 is 0 Å². The highest BCUT2D eigenvalue weighted by atomic mass is 16.5. The molecular formula is C23H31NO2. The minimum absolute atomic E-state index is 0.536. The molecule has 1 aliphatic carbocycles. The van der Waals surface area contributed by atoms with E-state index in [-0.39, 0.29) is 0 Å². The first-order valence-electron chi connectivity index (χ1n) is 9.57. The Kier molecular flexibility index (Phi) is 10.8. The Morgan fingerprint density at radius 2 is 2.00 bits per heavy atom. The van der Waals surface area contributed by atoms with Crippen molar-refractivity contribution in [2.45, 2.75) is 59.3 Å². The zero-order valence-corrected chi connectivity index (χ0v) is 16.3. The van der Waals surface area contributed by atoms with Crippen molar-refractivity contribution >= 4 is 12.0 Å². The van der Waals surface area contributed by atoms with Gasteiger partial charge in [0.15, 0.2) is 0 Å². The molecule has 0 radical (unpaired) electrons. The van der Waals surface area contributed by atoms with Crippen LogP contribution in [-0.2, 0) is 9.53 Å². The van der Waals surface area contributed by atoms with Crippen molar-refractivity contribution in [2.75, 3.05) is 6.61 Å². The average molecular weight is 354 g/mol. The standard InChI is InChI=1S/C14H13N.C9H18O2/c1-11(10-15)13-7-8-14(9-13)12-5-3-2-4-6-12;1-3-5-6-9(4-2)7-11-8-10/h2-6,9H,7-8H2,1H3;8-9H,3-7H2,1-2H3/b13-11-;. The summed E-state index contributed by atoms with van der Waals surface area (Å²) < 4.78 is 4.70. The Balaban J connectivity index is 0.000000276. The maximum atomic E-state index is 9.88. The van der Waals surface area contributed by atoms with Gasteiger partial charge in [-0.3, -0.25) is 4.79 Å². The molecule has 0 heterocycles. The van der Waals surface area contributed by atoms with E-state index in [9.17, 15) is 4.79 Å². The van der Waals surface area contributed by atoms with Crippen molar-refractivity contribution in [1.82, 2.24) is 0 Å². The normalized spacial score (nSPS) is 15.8. The second-order valence-electron chi connectivity index (χ2n) is 6.64. The zero-order valence-electron chi connectivity index (χ0n) is 16.3. The van der Waals surface area contributed by atoms with Crippen LogP contribution in [0.1, 0.15) is 64.9 Å². The highest BCUT2D eigenvalue weighted by molar-refractivity contribution is 5.72. The van der Waals surface area contributed by atoms with Crippen LogP contribution in [0.3, 0.4) is 0 Å². The molecule has 2 rings (SSSR count). The number of unbranched alkanes of at least 4 members (excludes halogenated alkanes) is 1. The van der Waals surface area contributed by atoms with Crippen LogP contribution in [0, 0.1) is 17.2 Å². The number of carbonyl (C=O) groups excluding carboxylic acids is 1. The minimum Gasteiger partial charge on any atom is -0.468 e. The predicted octanol–water partition coefficient (Wildman–Crippen LogP) is 6.08. The molecule has 3 heteroatoms. The van der Waals surface area contributed by atoms with Crippen LogP contribution < -0.4 is 0 Å². The zero-order chi connectivity index (χ0) is 19.2. The van der Waals surface area contributed by atoms with Gasteiger partial charge in [-0.25, -0.2) is 0 Å². The van der Waals surface area contributed by atoms with E-state index in [0.717, 1.165) is 24.8 Å². The van der Waals surface area contributed by atoms with Crippen LogP contribution in [-0.4, -0.2) is 13.1 Å². The third-order valence-corrected chi connectivity index (χ3v) is 4.75. The van der Waals surface area contributed by atoms with Crippen LogP contribution in [0.25, 0.3) is 5.57 Å². The average Bonchev–Trinajstić information content (AvgIpc) is 3.19. The monoisotopic (exact) mass is 353 g/mol. The fraction of sp³-hybridized carbons (Fsp3) is 0.478. The molecule has 1 unspecified atom stereocenters. The fourth-order valence-corrected chi connectivity index (χ4v) is 2.94. The summed E-state index contributed by atoms with van der Waals surface area (Å²) in [4.78, 5) is 9.88. The first kappa shape index (κ1) is 21.7. The second-order valence-corrected chi connectivity index (χ2v) is 6.64. The predicted molar refractivity (Wildman–Crippen MR) is 107 cm³/mol. The molecule has 0 saturated heterocycles. The second kappa shape index (κ2) is 12.9. The van der Waals surface area contributed by atoms with Gasteiger partial charge in [0, 0.05) is 5.57 Å². The lowest BCUT2D eigenvalue weighted by Gasteiger charge is -2.11. The van der Waals surface area contributed by atoms with E-state index in [1.165, 1.54) is 36.0 Å². The molecule has 0 amide bonds. The number of ether oxygens (including phenoxy) is 1. The maximum absolute atomic E-state index is 9.88. The molecule has 0 aliphatic heterocycles. The van der Waals surface area contributed by atoms with Gasteiger partial charge in [-0.15, -0.1) is 0 Å². The molecule has 1 aromatic rings. The Bertz CT molecular complexity index is 638. The highest BCUT2D eigenvalue weighted by Crippen LogP contribution is 2.32. The van der Waals surface area contributed by atoms with E-state index in [1.807, 2.05) is 13.0 Å². The summed E-state index contributed by atoms with van der Waals surface area (Å²) in [6, 6.07) is 12.6. The number of allylic oxidation sites excluding steroid dienone is 4. The molecule has 0 N–H and O–H groups in total. The van der Waals surface area contributed by atoms with Gasteiger partial charge in [0.05, 0.1) is 12.7 Å². The van der Waals surface area contributed by atoms with Crippen molar-refractivity contribution in [1.29, 1.82) is 5.26 Å². The Hall–Kier alpha value is -2.34. The molecule has 26 heavy (non-hydrogen) atoms. The first-order valence-corrected chi connectivity index (χ1v) is 9.57. The number of carbonyl (C=O) groups is 1. The van der Waals surface area contributed by atoms with Gasteiger partial charge in [-0.2, -0.15) is 5.26 Å². The van der Waals surface area contributed by atoms with Gasteiger partial charge in [0.25, 0.3) is 6.47 Å². The fourth-order valence-electron chi connectivity index (χ4n) is 2.94. The summed E-state index contributed by atoms with van der Waals surface area (Å²) in [5, 5.41) is 8.81. The van der Waals surface area contributed by atoms with E-state index < -0.39 is 0 Å². The Morgan fingerprint density at radius 3 is 2.58 bits per heavy atom. The van der Waals surface area contributed by atoms with Gasteiger partial charge in [-0.05, 0) is 48.8 Å². The third-order valence-electron chi connectivity index (χ3n) is 4.75.